The summed E-state index contributed by atoms with van der Waals surface area (Å²) in [4.78, 5) is 14.5. The van der Waals surface area contributed by atoms with Crippen molar-refractivity contribution < 1.29 is 9.53 Å². The summed E-state index contributed by atoms with van der Waals surface area (Å²) in [5, 5.41) is 0. The summed E-state index contributed by atoms with van der Waals surface area (Å²) in [6, 6.07) is 19.9. The van der Waals surface area contributed by atoms with Crippen LogP contribution in [0, 0.1) is 11.8 Å². The highest BCUT2D eigenvalue weighted by Gasteiger charge is 2.64. The van der Waals surface area contributed by atoms with Crippen molar-refractivity contribution in [2.24, 2.45) is 11.8 Å². The molecule has 180 valence electrons. The lowest BCUT2D eigenvalue weighted by Crippen LogP contribution is -2.16. The number of para-hydroxylation sites is 1. The Morgan fingerprint density at radius 1 is 0.853 bits per heavy atom. The fraction of sp³-hybridized carbons (Fsp3) is 0.414. The van der Waals surface area contributed by atoms with Crippen LogP contribution in [0.15, 0.2) is 78.1 Å². The Kier molecular flexibility index (Phi) is 6.80. The van der Waals surface area contributed by atoms with Gasteiger partial charge >= 0.3 is 5.97 Å². The van der Waals surface area contributed by atoms with Gasteiger partial charge in [-0.25, -0.2) is 4.79 Å². The van der Waals surface area contributed by atoms with Gasteiger partial charge in [-0.05, 0) is 47.6 Å². The van der Waals surface area contributed by atoms with E-state index < -0.39 is 16.1 Å². The third-order valence-electron chi connectivity index (χ3n) is 6.81. The zero-order valence-electron chi connectivity index (χ0n) is 21.7. The Hall–Kier alpha value is -2.38. The van der Waals surface area contributed by atoms with Crippen LogP contribution in [0.25, 0.3) is 0 Å². The predicted octanol–water partition coefficient (Wildman–Crippen LogP) is 6.93. The maximum Gasteiger partial charge on any atom is 0.337 e. The SMILES string of the molecule is COC(=O)c1ccc([C@H]2[C@H](/C=C/[Si](C)(C)C)[C@H]2[C@H]2[C@H](/C=C/[Si](C)(C)C)N2c2ccccc2)cc1. The average Bonchev–Trinajstić information content (AvgIpc) is 3.68. The van der Waals surface area contributed by atoms with Crippen LogP contribution in [-0.4, -0.2) is 41.3 Å². The van der Waals surface area contributed by atoms with Gasteiger partial charge in [-0.15, -0.1) is 0 Å². The molecule has 1 heterocycles. The van der Waals surface area contributed by atoms with Crippen molar-refractivity contribution in [3.05, 3.63) is 89.3 Å². The number of anilines is 1. The molecule has 2 fully saturated rings. The summed E-state index contributed by atoms with van der Waals surface area (Å²) in [5.74, 6) is 1.33. The molecular weight excluding hydrogens is 450 g/mol. The number of esters is 1. The number of allylic oxidation sites excluding steroid dienone is 1. The van der Waals surface area contributed by atoms with E-state index in [0.29, 0.717) is 35.4 Å². The number of nitrogens with zero attached hydrogens (tertiary/aromatic N) is 1. The van der Waals surface area contributed by atoms with E-state index in [1.54, 1.807) is 0 Å². The van der Waals surface area contributed by atoms with Crippen LogP contribution in [0.3, 0.4) is 0 Å². The molecule has 2 aliphatic rings. The molecule has 5 atom stereocenters. The lowest BCUT2D eigenvalue weighted by atomic mass is 10.0. The molecule has 0 N–H and O–H groups in total. The lowest BCUT2D eigenvalue weighted by molar-refractivity contribution is 0.0600. The summed E-state index contributed by atoms with van der Waals surface area (Å²) in [5.41, 5.74) is 8.28. The van der Waals surface area contributed by atoms with E-state index in [0.717, 1.165) is 0 Å². The van der Waals surface area contributed by atoms with Crippen molar-refractivity contribution in [1.29, 1.82) is 0 Å². The highest BCUT2D eigenvalue weighted by atomic mass is 28.3. The van der Waals surface area contributed by atoms with Crippen LogP contribution in [0.2, 0.25) is 39.3 Å². The van der Waals surface area contributed by atoms with Crippen LogP contribution in [0.5, 0.6) is 0 Å². The molecule has 1 aliphatic carbocycles. The molecule has 2 aromatic carbocycles. The van der Waals surface area contributed by atoms with Gasteiger partial charge in [0, 0.05) is 5.69 Å². The first-order chi connectivity index (χ1) is 16.0. The monoisotopic (exact) mass is 489 g/mol. The quantitative estimate of drug-likeness (QED) is 0.229. The summed E-state index contributed by atoms with van der Waals surface area (Å²) >= 11 is 0. The van der Waals surface area contributed by atoms with Crippen LogP contribution in [0.4, 0.5) is 5.69 Å². The Morgan fingerprint density at radius 3 is 2.00 bits per heavy atom. The fourth-order valence-corrected chi connectivity index (χ4v) is 6.64. The van der Waals surface area contributed by atoms with E-state index in [1.165, 1.54) is 18.4 Å². The van der Waals surface area contributed by atoms with Gasteiger partial charge in [-0.1, -0.05) is 93.2 Å². The predicted molar refractivity (Wildman–Crippen MR) is 149 cm³/mol. The minimum Gasteiger partial charge on any atom is -0.465 e. The molecule has 1 saturated heterocycles. The number of benzene rings is 2. The fourth-order valence-electron chi connectivity index (χ4n) is 5.07. The Morgan fingerprint density at radius 2 is 1.44 bits per heavy atom. The average molecular weight is 490 g/mol. The molecule has 0 amide bonds. The molecule has 1 aliphatic heterocycles. The van der Waals surface area contributed by atoms with E-state index in [-0.39, 0.29) is 5.97 Å². The molecule has 4 rings (SSSR count). The summed E-state index contributed by atoms with van der Waals surface area (Å²) in [7, 11) is -1.12. The second-order valence-corrected chi connectivity index (χ2v) is 22.1. The highest BCUT2D eigenvalue weighted by Crippen LogP contribution is 2.63. The molecule has 1 saturated carbocycles. The highest BCUT2D eigenvalue weighted by molar-refractivity contribution is 6.81. The topological polar surface area (TPSA) is 29.3 Å². The first kappa shape index (κ1) is 24.7. The zero-order chi connectivity index (χ0) is 24.7. The summed E-state index contributed by atoms with van der Waals surface area (Å²) < 4.78 is 4.89. The molecule has 5 heteroatoms. The first-order valence-corrected chi connectivity index (χ1v) is 19.6. The maximum atomic E-state index is 11.9. The first-order valence-electron chi connectivity index (χ1n) is 12.4. The number of hydrogen-bond donors (Lipinski definition) is 0. The number of carbonyl (C=O) groups excluding carboxylic acids is 1. The third kappa shape index (κ3) is 5.64. The third-order valence-corrected chi connectivity index (χ3v) is 9.20. The molecule has 34 heavy (non-hydrogen) atoms. The van der Waals surface area contributed by atoms with Crippen molar-refractivity contribution in [3.63, 3.8) is 0 Å². The molecule has 0 radical (unpaired) electrons. The molecule has 2 aromatic rings. The van der Waals surface area contributed by atoms with Crippen LogP contribution >= 0.6 is 0 Å². The van der Waals surface area contributed by atoms with Gasteiger partial charge < -0.3 is 9.64 Å². The van der Waals surface area contributed by atoms with Gasteiger partial charge in [0.2, 0.25) is 0 Å². The molecular formula is C29H39NO2Si2. The Labute approximate surface area is 207 Å². The van der Waals surface area contributed by atoms with Crippen molar-refractivity contribution in [2.45, 2.75) is 57.3 Å². The minimum absolute atomic E-state index is 0.275. The van der Waals surface area contributed by atoms with Gasteiger partial charge in [0.05, 0.1) is 40.9 Å². The van der Waals surface area contributed by atoms with Crippen molar-refractivity contribution in [3.8, 4) is 0 Å². The zero-order valence-corrected chi connectivity index (χ0v) is 23.7. The molecule has 3 nitrogen and oxygen atoms in total. The number of hydrogen-bond acceptors (Lipinski definition) is 3. The molecule has 0 bridgehead atoms. The van der Waals surface area contributed by atoms with E-state index in [1.807, 2.05) is 12.1 Å². The largest absolute Gasteiger partial charge is 0.465 e. The normalized spacial score (nSPS) is 26.8. The Balaban J connectivity index is 1.64. The van der Waals surface area contributed by atoms with E-state index >= 15 is 0 Å². The van der Waals surface area contributed by atoms with Gasteiger partial charge in [0.25, 0.3) is 0 Å². The number of carbonyl (C=O) groups is 1. The molecule has 0 spiro atoms. The second kappa shape index (κ2) is 9.35. The second-order valence-electron chi connectivity index (χ2n) is 12.0. The minimum atomic E-state index is -1.29. The van der Waals surface area contributed by atoms with Crippen LogP contribution in [0.1, 0.15) is 21.8 Å². The smallest absolute Gasteiger partial charge is 0.337 e. The van der Waals surface area contributed by atoms with E-state index in [4.69, 9.17) is 4.74 Å². The lowest BCUT2D eigenvalue weighted by Gasteiger charge is -2.08. The number of methoxy groups -OCH3 is 1. The molecule has 0 aromatic heterocycles. The van der Waals surface area contributed by atoms with Gasteiger partial charge in [0.15, 0.2) is 0 Å². The van der Waals surface area contributed by atoms with E-state index in [2.05, 4.69) is 110 Å². The summed E-state index contributed by atoms with van der Waals surface area (Å²) in [6.45, 7) is 14.4. The summed E-state index contributed by atoms with van der Waals surface area (Å²) in [6.07, 6.45) is 5.00. The van der Waals surface area contributed by atoms with Gasteiger partial charge in [-0.3, -0.25) is 0 Å². The van der Waals surface area contributed by atoms with Crippen molar-refractivity contribution in [2.75, 3.05) is 12.0 Å². The Bertz CT molecular complexity index is 1060. The van der Waals surface area contributed by atoms with Gasteiger partial charge in [0.1, 0.15) is 0 Å². The van der Waals surface area contributed by atoms with Crippen LogP contribution in [-0.2, 0) is 4.74 Å². The standard InChI is InChI=1S/C29H39NO2Si2/c1-32-29(31)22-15-13-21(14-16-22)26-24(17-19-33(2,3)4)27(26)28-25(18-20-34(5,6)7)30(28)23-11-9-8-10-12-23/h8-20,24-28H,1-7H3/b19-17+,20-18+/t24-,25-,26-,27+,28+,30?/m0/s1. The number of rotatable bonds is 8. The number of ether oxygens (including phenoxy) is 1. The van der Waals surface area contributed by atoms with E-state index in [9.17, 15) is 4.79 Å². The van der Waals surface area contributed by atoms with Crippen molar-refractivity contribution >= 4 is 27.8 Å². The molecule has 0 unspecified atom stereocenters. The maximum absolute atomic E-state index is 11.9. The van der Waals surface area contributed by atoms with Gasteiger partial charge in [-0.2, -0.15) is 0 Å². The van der Waals surface area contributed by atoms with Crippen LogP contribution < -0.4 is 4.90 Å². The van der Waals surface area contributed by atoms with Crippen molar-refractivity contribution in [1.82, 2.24) is 0 Å².